The number of aryl methyl sites for hydroxylation is 1. The van der Waals surface area contributed by atoms with E-state index in [4.69, 9.17) is 5.73 Å². The fourth-order valence-corrected chi connectivity index (χ4v) is 2.40. The van der Waals surface area contributed by atoms with E-state index in [0.717, 1.165) is 31.7 Å². The first-order valence-electron chi connectivity index (χ1n) is 6.07. The van der Waals surface area contributed by atoms with Gasteiger partial charge in [0.15, 0.2) is 0 Å². The molecule has 2 N–H and O–H groups in total. The summed E-state index contributed by atoms with van der Waals surface area (Å²) in [5.41, 5.74) is 7.24. The number of aromatic nitrogens is 3. The van der Waals surface area contributed by atoms with Gasteiger partial charge in [-0.05, 0) is 20.5 Å². The molecule has 0 bridgehead atoms. The molecule has 1 aliphatic heterocycles. The Kier molecular flexibility index (Phi) is 3.76. The van der Waals surface area contributed by atoms with Crippen molar-refractivity contribution in [2.45, 2.75) is 18.5 Å². The Bertz CT molecular complexity index is 363. The van der Waals surface area contributed by atoms with Gasteiger partial charge in [-0.25, -0.2) is 0 Å². The molecule has 0 radical (unpaired) electrons. The molecule has 0 aliphatic carbocycles. The zero-order valence-corrected chi connectivity index (χ0v) is 10.9. The fourth-order valence-electron chi connectivity index (χ4n) is 2.40. The first-order valence-corrected chi connectivity index (χ1v) is 6.07. The molecule has 1 aromatic heterocycles. The third kappa shape index (κ3) is 2.83. The van der Waals surface area contributed by atoms with Crippen molar-refractivity contribution >= 4 is 0 Å². The van der Waals surface area contributed by atoms with E-state index in [1.165, 1.54) is 0 Å². The van der Waals surface area contributed by atoms with Gasteiger partial charge in [-0.1, -0.05) is 5.21 Å². The van der Waals surface area contributed by atoms with Gasteiger partial charge in [-0.15, -0.1) is 5.10 Å². The normalized spacial score (nSPS) is 25.1. The van der Waals surface area contributed by atoms with E-state index in [0.29, 0.717) is 6.04 Å². The minimum Gasteiger partial charge on any atom is -0.323 e. The summed E-state index contributed by atoms with van der Waals surface area (Å²) in [6.07, 6.45) is 2.71. The van der Waals surface area contributed by atoms with E-state index < -0.39 is 0 Å². The van der Waals surface area contributed by atoms with E-state index in [1.54, 1.807) is 10.9 Å². The molecule has 0 aromatic carbocycles. The Hall–Kier alpha value is -0.980. The van der Waals surface area contributed by atoms with Crippen LogP contribution in [0.5, 0.6) is 0 Å². The van der Waals surface area contributed by atoms with Gasteiger partial charge >= 0.3 is 0 Å². The standard InChI is InChI=1S/C11H22N6/c1-15-4-5-16(2)9(8-15)6-10(12)11-7-13-14-17(11)3/h7,9-10H,4-6,8,12H2,1-3H3. The van der Waals surface area contributed by atoms with Gasteiger partial charge in [0, 0.05) is 38.8 Å². The van der Waals surface area contributed by atoms with Crippen LogP contribution in [0.15, 0.2) is 6.20 Å². The van der Waals surface area contributed by atoms with Gasteiger partial charge in [0.1, 0.15) is 0 Å². The second-order valence-electron chi connectivity index (χ2n) is 5.02. The van der Waals surface area contributed by atoms with Crippen LogP contribution in [-0.2, 0) is 7.05 Å². The third-order valence-electron chi connectivity index (χ3n) is 3.64. The Balaban J connectivity index is 1.98. The first-order chi connectivity index (χ1) is 8.08. The van der Waals surface area contributed by atoms with Gasteiger partial charge < -0.3 is 15.5 Å². The van der Waals surface area contributed by atoms with E-state index >= 15 is 0 Å². The molecule has 1 fully saturated rings. The fraction of sp³-hybridized carbons (Fsp3) is 0.818. The Morgan fingerprint density at radius 3 is 2.82 bits per heavy atom. The highest BCUT2D eigenvalue weighted by Gasteiger charge is 2.25. The molecule has 0 amide bonds. The maximum atomic E-state index is 6.23. The second kappa shape index (κ2) is 5.12. The summed E-state index contributed by atoms with van der Waals surface area (Å²) in [4.78, 5) is 4.75. The van der Waals surface area contributed by atoms with Crippen LogP contribution in [0.4, 0.5) is 0 Å². The molecule has 0 saturated carbocycles. The number of hydrogen-bond donors (Lipinski definition) is 1. The number of nitrogens with zero attached hydrogens (tertiary/aromatic N) is 5. The molecular formula is C11H22N6. The van der Waals surface area contributed by atoms with Crippen LogP contribution in [0.3, 0.4) is 0 Å². The molecule has 6 heteroatoms. The number of likely N-dealkylation sites (N-methyl/N-ethyl adjacent to an activating group) is 2. The number of nitrogens with two attached hydrogens (primary N) is 1. The van der Waals surface area contributed by atoms with Crippen molar-refractivity contribution in [1.29, 1.82) is 0 Å². The third-order valence-corrected chi connectivity index (χ3v) is 3.64. The lowest BCUT2D eigenvalue weighted by atomic mass is 10.0. The summed E-state index contributed by atoms with van der Waals surface area (Å²) >= 11 is 0. The SMILES string of the molecule is CN1CCN(C)C(CC(N)c2cnnn2C)C1. The van der Waals surface area contributed by atoms with E-state index in [1.807, 2.05) is 7.05 Å². The van der Waals surface area contributed by atoms with Gasteiger partial charge in [0.05, 0.1) is 11.9 Å². The lowest BCUT2D eigenvalue weighted by molar-refractivity contribution is 0.103. The summed E-state index contributed by atoms with van der Waals surface area (Å²) in [6, 6.07) is 0.521. The lowest BCUT2D eigenvalue weighted by Crippen LogP contribution is -2.50. The van der Waals surface area contributed by atoms with Gasteiger partial charge in [0.2, 0.25) is 0 Å². The van der Waals surface area contributed by atoms with Crippen LogP contribution in [0.1, 0.15) is 18.2 Å². The van der Waals surface area contributed by atoms with Gasteiger partial charge in [-0.2, -0.15) is 0 Å². The Morgan fingerprint density at radius 2 is 2.18 bits per heavy atom. The summed E-state index contributed by atoms with van der Waals surface area (Å²) in [6.45, 7) is 3.32. The zero-order valence-electron chi connectivity index (χ0n) is 10.9. The first kappa shape index (κ1) is 12.5. The second-order valence-corrected chi connectivity index (χ2v) is 5.02. The molecule has 96 valence electrons. The molecule has 2 unspecified atom stereocenters. The quantitative estimate of drug-likeness (QED) is 0.765. The molecule has 2 heterocycles. The molecule has 1 saturated heterocycles. The van der Waals surface area contributed by atoms with Crippen LogP contribution < -0.4 is 5.73 Å². The topological polar surface area (TPSA) is 63.2 Å². The van der Waals surface area contributed by atoms with Crippen LogP contribution in [0, 0.1) is 0 Å². The Labute approximate surface area is 102 Å². The average molecular weight is 238 g/mol. The van der Waals surface area contributed by atoms with E-state index in [9.17, 15) is 0 Å². The van der Waals surface area contributed by atoms with Crippen molar-refractivity contribution in [3.8, 4) is 0 Å². The number of hydrogen-bond acceptors (Lipinski definition) is 5. The van der Waals surface area contributed by atoms with Crippen molar-refractivity contribution in [1.82, 2.24) is 24.8 Å². The summed E-state index contributed by atoms with van der Waals surface area (Å²) in [5, 5.41) is 7.81. The molecule has 2 rings (SSSR count). The van der Waals surface area contributed by atoms with Gasteiger partial charge in [-0.3, -0.25) is 4.68 Å². The molecule has 17 heavy (non-hydrogen) atoms. The molecule has 1 aromatic rings. The van der Waals surface area contributed by atoms with Crippen molar-refractivity contribution in [3.63, 3.8) is 0 Å². The van der Waals surface area contributed by atoms with Gasteiger partial charge in [0.25, 0.3) is 0 Å². The van der Waals surface area contributed by atoms with Crippen molar-refractivity contribution in [2.75, 3.05) is 33.7 Å². The summed E-state index contributed by atoms with van der Waals surface area (Å²) < 4.78 is 1.76. The zero-order chi connectivity index (χ0) is 12.4. The summed E-state index contributed by atoms with van der Waals surface area (Å²) in [7, 11) is 6.22. The minimum atomic E-state index is 0.00829. The van der Waals surface area contributed by atoms with E-state index in [-0.39, 0.29) is 6.04 Å². The maximum Gasteiger partial charge on any atom is 0.0751 e. The van der Waals surface area contributed by atoms with Crippen LogP contribution in [-0.4, -0.2) is 64.6 Å². The number of piperazine rings is 1. The molecule has 6 nitrogen and oxygen atoms in total. The molecule has 2 atom stereocenters. The summed E-state index contributed by atoms with van der Waals surface area (Å²) in [5.74, 6) is 0. The number of rotatable bonds is 3. The minimum absolute atomic E-state index is 0.00829. The highest BCUT2D eigenvalue weighted by molar-refractivity contribution is 5.02. The monoisotopic (exact) mass is 238 g/mol. The average Bonchev–Trinajstić information content (AvgIpc) is 2.70. The van der Waals surface area contributed by atoms with E-state index in [2.05, 4.69) is 34.2 Å². The maximum absolute atomic E-state index is 6.23. The lowest BCUT2D eigenvalue weighted by Gasteiger charge is -2.38. The Morgan fingerprint density at radius 1 is 1.41 bits per heavy atom. The highest BCUT2D eigenvalue weighted by Crippen LogP contribution is 2.19. The van der Waals surface area contributed by atoms with Crippen molar-refractivity contribution < 1.29 is 0 Å². The highest BCUT2D eigenvalue weighted by atomic mass is 15.4. The molecule has 1 aliphatic rings. The van der Waals surface area contributed by atoms with Crippen molar-refractivity contribution in [3.05, 3.63) is 11.9 Å². The van der Waals surface area contributed by atoms with Crippen LogP contribution in [0.2, 0.25) is 0 Å². The smallest absolute Gasteiger partial charge is 0.0751 e. The van der Waals surface area contributed by atoms with Crippen molar-refractivity contribution in [2.24, 2.45) is 12.8 Å². The molecular weight excluding hydrogens is 216 g/mol. The largest absolute Gasteiger partial charge is 0.323 e. The molecule has 0 spiro atoms. The predicted molar refractivity (Wildman–Crippen MR) is 66.5 cm³/mol. The predicted octanol–water partition coefficient (Wildman–Crippen LogP) is -0.549. The van der Waals surface area contributed by atoms with Crippen LogP contribution >= 0.6 is 0 Å². The van der Waals surface area contributed by atoms with Crippen LogP contribution in [0.25, 0.3) is 0 Å².